The molecule has 18 heavy (non-hydrogen) atoms. The fraction of sp³-hybridized carbons (Fsp3) is 0.385. The first-order valence-corrected chi connectivity index (χ1v) is 6.10. The molecule has 0 radical (unpaired) electrons. The Bertz CT molecular complexity index is 630. The number of hydrogen-bond acceptors (Lipinski definition) is 4. The van der Waals surface area contributed by atoms with Gasteiger partial charge in [0.2, 0.25) is 0 Å². The van der Waals surface area contributed by atoms with E-state index in [9.17, 15) is 4.79 Å². The standard InChI is InChI=1S/C13H15N3O2/c1-18-10-6-2-4-8-11(9-5-3-7-14-9)15-13(17)16-12(8)10/h2,4,6,9,14H,3,5,7H2,1H3,(H,15,16,17). The van der Waals surface area contributed by atoms with Crippen molar-refractivity contribution in [3.8, 4) is 5.75 Å². The van der Waals surface area contributed by atoms with Crippen molar-refractivity contribution in [1.29, 1.82) is 0 Å². The molecule has 1 aromatic heterocycles. The number of rotatable bonds is 2. The van der Waals surface area contributed by atoms with E-state index in [-0.39, 0.29) is 11.7 Å². The van der Waals surface area contributed by atoms with Crippen molar-refractivity contribution in [3.05, 3.63) is 34.4 Å². The number of nitrogens with one attached hydrogen (secondary N) is 2. The van der Waals surface area contributed by atoms with Crippen LogP contribution in [0, 0.1) is 0 Å². The van der Waals surface area contributed by atoms with Crippen molar-refractivity contribution in [3.63, 3.8) is 0 Å². The maximum absolute atomic E-state index is 11.7. The molecule has 5 nitrogen and oxygen atoms in total. The predicted molar refractivity (Wildman–Crippen MR) is 68.9 cm³/mol. The van der Waals surface area contributed by atoms with E-state index in [1.54, 1.807) is 7.11 Å². The summed E-state index contributed by atoms with van der Waals surface area (Å²) in [5.74, 6) is 0.637. The van der Waals surface area contributed by atoms with Gasteiger partial charge in [-0.3, -0.25) is 0 Å². The number of methoxy groups -OCH3 is 1. The van der Waals surface area contributed by atoms with Gasteiger partial charge in [0.15, 0.2) is 0 Å². The van der Waals surface area contributed by atoms with E-state index >= 15 is 0 Å². The van der Waals surface area contributed by atoms with Gasteiger partial charge in [-0.15, -0.1) is 0 Å². The summed E-state index contributed by atoms with van der Waals surface area (Å²) in [6.07, 6.45) is 2.16. The lowest BCUT2D eigenvalue weighted by Crippen LogP contribution is -2.21. The Morgan fingerprint density at radius 3 is 3.06 bits per heavy atom. The summed E-state index contributed by atoms with van der Waals surface area (Å²) in [4.78, 5) is 18.6. The van der Waals surface area contributed by atoms with Gasteiger partial charge in [-0.2, -0.15) is 4.98 Å². The van der Waals surface area contributed by atoms with Gasteiger partial charge in [0.25, 0.3) is 0 Å². The van der Waals surface area contributed by atoms with Gasteiger partial charge >= 0.3 is 5.69 Å². The number of H-pyrrole nitrogens is 1. The molecule has 0 aliphatic carbocycles. The summed E-state index contributed by atoms with van der Waals surface area (Å²) in [5, 5.41) is 4.34. The molecule has 0 bridgehead atoms. The van der Waals surface area contributed by atoms with Gasteiger partial charge < -0.3 is 15.0 Å². The van der Waals surface area contributed by atoms with E-state index < -0.39 is 0 Å². The lowest BCUT2D eigenvalue weighted by Gasteiger charge is -2.13. The van der Waals surface area contributed by atoms with Crippen LogP contribution in [-0.4, -0.2) is 23.6 Å². The second-order valence-corrected chi connectivity index (χ2v) is 4.46. The highest BCUT2D eigenvalue weighted by Gasteiger charge is 2.20. The van der Waals surface area contributed by atoms with Crippen molar-refractivity contribution >= 4 is 10.9 Å². The van der Waals surface area contributed by atoms with Gasteiger partial charge in [0.1, 0.15) is 11.3 Å². The molecular formula is C13H15N3O2. The quantitative estimate of drug-likeness (QED) is 0.838. The summed E-state index contributed by atoms with van der Waals surface area (Å²) >= 11 is 0. The van der Waals surface area contributed by atoms with E-state index in [1.165, 1.54) is 0 Å². The zero-order chi connectivity index (χ0) is 12.5. The van der Waals surface area contributed by atoms with Crippen LogP contribution in [0.3, 0.4) is 0 Å². The maximum atomic E-state index is 11.7. The Morgan fingerprint density at radius 2 is 2.33 bits per heavy atom. The van der Waals surface area contributed by atoms with Crippen molar-refractivity contribution in [2.45, 2.75) is 18.9 Å². The molecule has 0 saturated carbocycles. The van der Waals surface area contributed by atoms with Crippen LogP contribution in [0.5, 0.6) is 5.75 Å². The molecule has 2 N–H and O–H groups in total. The van der Waals surface area contributed by atoms with Crippen molar-refractivity contribution in [1.82, 2.24) is 15.3 Å². The average Bonchev–Trinajstić information content (AvgIpc) is 2.90. The van der Waals surface area contributed by atoms with Crippen LogP contribution in [0.1, 0.15) is 24.6 Å². The molecule has 1 aliphatic rings. The van der Waals surface area contributed by atoms with Gasteiger partial charge in [0.05, 0.1) is 7.11 Å². The molecule has 2 heterocycles. The van der Waals surface area contributed by atoms with E-state index in [0.29, 0.717) is 11.3 Å². The first-order valence-electron chi connectivity index (χ1n) is 6.10. The Morgan fingerprint density at radius 1 is 1.44 bits per heavy atom. The van der Waals surface area contributed by atoms with Crippen LogP contribution in [0.2, 0.25) is 0 Å². The minimum Gasteiger partial charge on any atom is -0.494 e. The summed E-state index contributed by atoms with van der Waals surface area (Å²) in [7, 11) is 1.59. The number of ether oxygens (including phenoxy) is 1. The topological polar surface area (TPSA) is 67.0 Å². The Labute approximate surface area is 104 Å². The van der Waals surface area contributed by atoms with Crippen molar-refractivity contribution in [2.75, 3.05) is 13.7 Å². The number of para-hydroxylation sites is 1. The molecule has 1 saturated heterocycles. The second kappa shape index (κ2) is 4.42. The van der Waals surface area contributed by atoms with Gasteiger partial charge in [-0.05, 0) is 25.5 Å². The highest BCUT2D eigenvalue weighted by atomic mass is 16.5. The number of aromatic nitrogens is 2. The number of hydrogen-bond donors (Lipinski definition) is 2. The Hall–Kier alpha value is -1.88. The molecule has 5 heteroatoms. The SMILES string of the molecule is COc1cccc2c(C3CCCN3)[nH]c(=O)nc12. The zero-order valence-electron chi connectivity index (χ0n) is 10.2. The largest absolute Gasteiger partial charge is 0.494 e. The number of benzene rings is 1. The number of aromatic amines is 1. The van der Waals surface area contributed by atoms with Crippen LogP contribution >= 0.6 is 0 Å². The molecule has 1 aliphatic heterocycles. The third-order valence-corrected chi connectivity index (χ3v) is 3.37. The van der Waals surface area contributed by atoms with Crippen molar-refractivity contribution < 1.29 is 4.74 Å². The summed E-state index contributed by atoms with van der Waals surface area (Å²) in [6, 6.07) is 5.91. The van der Waals surface area contributed by atoms with E-state index in [1.807, 2.05) is 18.2 Å². The molecule has 1 unspecified atom stereocenters. The first kappa shape index (κ1) is 11.2. The molecule has 0 spiro atoms. The molecule has 1 fully saturated rings. The third kappa shape index (κ3) is 1.76. The molecule has 0 amide bonds. The highest BCUT2D eigenvalue weighted by Crippen LogP contribution is 2.29. The fourth-order valence-corrected chi connectivity index (χ4v) is 2.54. The molecule has 1 aromatic carbocycles. The lowest BCUT2D eigenvalue weighted by atomic mass is 10.1. The van der Waals surface area contributed by atoms with Crippen LogP contribution < -0.4 is 15.7 Å². The van der Waals surface area contributed by atoms with Gasteiger partial charge in [-0.25, -0.2) is 4.79 Å². The van der Waals surface area contributed by atoms with Crippen LogP contribution in [0.25, 0.3) is 10.9 Å². The summed E-state index contributed by atoms with van der Waals surface area (Å²) in [5.41, 5.74) is 1.23. The maximum Gasteiger partial charge on any atom is 0.345 e. The van der Waals surface area contributed by atoms with E-state index in [2.05, 4.69) is 15.3 Å². The molecule has 3 rings (SSSR count). The number of fused-ring (bicyclic) bond motifs is 1. The van der Waals surface area contributed by atoms with Crippen LogP contribution in [0.4, 0.5) is 0 Å². The number of nitrogens with zero attached hydrogens (tertiary/aromatic N) is 1. The Kier molecular flexibility index (Phi) is 2.76. The molecule has 2 aromatic rings. The molecule has 1 atom stereocenters. The van der Waals surface area contributed by atoms with Crippen LogP contribution in [-0.2, 0) is 0 Å². The molecule has 94 valence electrons. The summed E-state index contributed by atoms with van der Waals surface area (Å²) < 4.78 is 5.26. The monoisotopic (exact) mass is 245 g/mol. The Balaban J connectivity index is 2.27. The van der Waals surface area contributed by atoms with E-state index in [4.69, 9.17) is 4.74 Å². The fourth-order valence-electron chi connectivity index (χ4n) is 2.54. The minimum atomic E-state index is -0.323. The van der Waals surface area contributed by atoms with E-state index in [0.717, 1.165) is 30.5 Å². The summed E-state index contributed by atoms with van der Waals surface area (Å²) in [6.45, 7) is 0.987. The first-order chi connectivity index (χ1) is 8.79. The highest BCUT2D eigenvalue weighted by molar-refractivity contribution is 5.86. The normalized spacial score (nSPS) is 19.3. The van der Waals surface area contributed by atoms with Crippen molar-refractivity contribution in [2.24, 2.45) is 0 Å². The third-order valence-electron chi connectivity index (χ3n) is 3.37. The smallest absolute Gasteiger partial charge is 0.345 e. The lowest BCUT2D eigenvalue weighted by molar-refractivity contribution is 0.418. The van der Waals surface area contributed by atoms with Gasteiger partial charge in [0, 0.05) is 17.1 Å². The average molecular weight is 245 g/mol. The zero-order valence-corrected chi connectivity index (χ0v) is 10.2. The predicted octanol–water partition coefficient (Wildman–Crippen LogP) is 1.36. The minimum absolute atomic E-state index is 0.204. The molecular weight excluding hydrogens is 230 g/mol. The second-order valence-electron chi connectivity index (χ2n) is 4.46. The van der Waals surface area contributed by atoms with Gasteiger partial charge in [-0.1, -0.05) is 12.1 Å². The van der Waals surface area contributed by atoms with Crippen LogP contribution in [0.15, 0.2) is 23.0 Å².